The van der Waals surface area contributed by atoms with Crippen molar-refractivity contribution in [2.45, 2.75) is 47.1 Å². The summed E-state index contributed by atoms with van der Waals surface area (Å²) in [6.07, 6.45) is 2.31. The Morgan fingerprint density at radius 2 is 1.81 bits per heavy atom. The Morgan fingerprint density at radius 3 is 2.42 bits per heavy atom. The van der Waals surface area contributed by atoms with Gasteiger partial charge in [-0.1, -0.05) is 24.6 Å². The molecule has 1 aromatic heterocycles. The highest BCUT2D eigenvalue weighted by Gasteiger charge is 2.14. The fraction of sp³-hybridized carbons (Fsp3) is 0.350. The van der Waals surface area contributed by atoms with Crippen LogP contribution in [-0.4, -0.2) is 28.6 Å². The molecule has 0 radical (unpaired) electrons. The van der Waals surface area contributed by atoms with Crippen LogP contribution in [0.15, 0.2) is 35.4 Å². The SMILES string of the molecule is CC[C@H](C)NC(=O)C(=O)N/N=C\c1cc(C)n(-c2ccc(C)cc2)c1C. The van der Waals surface area contributed by atoms with Crippen LogP contribution in [0.25, 0.3) is 5.69 Å². The minimum absolute atomic E-state index is 0.0503. The van der Waals surface area contributed by atoms with Crippen molar-refractivity contribution in [3.05, 3.63) is 52.8 Å². The lowest BCUT2D eigenvalue weighted by molar-refractivity contribution is -0.139. The van der Waals surface area contributed by atoms with Crippen LogP contribution >= 0.6 is 0 Å². The van der Waals surface area contributed by atoms with E-state index in [1.54, 1.807) is 6.21 Å². The maximum atomic E-state index is 11.8. The number of nitrogens with one attached hydrogen (secondary N) is 2. The van der Waals surface area contributed by atoms with Crippen molar-refractivity contribution in [3.63, 3.8) is 0 Å². The smallest absolute Gasteiger partial charge is 0.329 e. The molecule has 1 aromatic carbocycles. The van der Waals surface area contributed by atoms with E-state index >= 15 is 0 Å². The van der Waals surface area contributed by atoms with Crippen molar-refractivity contribution in [2.24, 2.45) is 5.10 Å². The minimum Gasteiger partial charge on any atom is -0.345 e. The van der Waals surface area contributed by atoms with Crippen LogP contribution in [0, 0.1) is 20.8 Å². The summed E-state index contributed by atoms with van der Waals surface area (Å²) in [5.41, 5.74) is 7.50. The zero-order valence-corrected chi connectivity index (χ0v) is 16.0. The largest absolute Gasteiger partial charge is 0.345 e. The Balaban J connectivity index is 2.10. The first-order valence-corrected chi connectivity index (χ1v) is 8.73. The maximum absolute atomic E-state index is 11.8. The Hall–Kier alpha value is -2.89. The molecule has 1 atom stereocenters. The number of rotatable bonds is 5. The van der Waals surface area contributed by atoms with Crippen molar-refractivity contribution in [3.8, 4) is 5.69 Å². The summed E-state index contributed by atoms with van der Waals surface area (Å²) in [5, 5.41) is 6.52. The quantitative estimate of drug-likeness (QED) is 0.492. The summed E-state index contributed by atoms with van der Waals surface area (Å²) in [6, 6.07) is 10.2. The van der Waals surface area contributed by atoms with E-state index in [1.807, 2.05) is 33.8 Å². The molecule has 2 N–H and O–H groups in total. The summed E-state index contributed by atoms with van der Waals surface area (Å²) in [6.45, 7) is 9.84. The number of carbonyl (C=O) groups is 2. The number of aryl methyl sites for hydroxylation is 2. The summed E-state index contributed by atoms with van der Waals surface area (Å²) < 4.78 is 2.12. The van der Waals surface area contributed by atoms with Gasteiger partial charge in [-0.2, -0.15) is 5.10 Å². The molecule has 0 unspecified atom stereocenters. The first-order chi connectivity index (χ1) is 12.3. The molecule has 0 spiro atoms. The van der Waals surface area contributed by atoms with Gasteiger partial charge in [0.15, 0.2) is 0 Å². The van der Waals surface area contributed by atoms with Crippen LogP contribution in [0.3, 0.4) is 0 Å². The molecular formula is C20H26N4O2. The minimum atomic E-state index is -0.770. The standard InChI is InChI=1S/C20H26N4O2/c1-6-14(3)22-19(25)20(26)23-21-12-17-11-15(4)24(16(17)5)18-9-7-13(2)8-10-18/h7-12,14H,6H2,1-5H3,(H,22,25)(H,23,26)/b21-12-/t14-/m0/s1. The third kappa shape index (κ3) is 4.59. The molecule has 6 heteroatoms. The number of hydrogen-bond donors (Lipinski definition) is 2. The van der Waals surface area contributed by atoms with Gasteiger partial charge in [-0.05, 0) is 52.3 Å². The molecule has 0 saturated carbocycles. The van der Waals surface area contributed by atoms with Gasteiger partial charge in [-0.3, -0.25) is 9.59 Å². The summed E-state index contributed by atoms with van der Waals surface area (Å²) >= 11 is 0. The highest BCUT2D eigenvalue weighted by Crippen LogP contribution is 2.20. The fourth-order valence-corrected chi connectivity index (χ4v) is 2.61. The Kier molecular flexibility index (Phi) is 6.33. The van der Waals surface area contributed by atoms with E-state index in [-0.39, 0.29) is 6.04 Å². The van der Waals surface area contributed by atoms with Gasteiger partial charge < -0.3 is 9.88 Å². The van der Waals surface area contributed by atoms with E-state index in [9.17, 15) is 9.59 Å². The first kappa shape index (κ1) is 19.4. The molecule has 0 aliphatic carbocycles. The van der Waals surface area contributed by atoms with Crippen molar-refractivity contribution in [1.29, 1.82) is 0 Å². The zero-order chi connectivity index (χ0) is 19.3. The molecule has 0 aliphatic rings. The molecular weight excluding hydrogens is 328 g/mol. The van der Waals surface area contributed by atoms with E-state index in [1.165, 1.54) is 5.56 Å². The fourth-order valence-electron chi connectivity index (χ4n) is 2.61. The number of carbonyl (C=O) groups excluding carboxylic acids is 2. The van der Waals surface area contributed by atoms with Crippen LogP contribution in [0.5, 0.6) is 0 Å². The van der Waals surface area contributed by atoms with Crippen molar-refractivity contribution >= 4 is 18.0 Å². The van der Waals surface area contributed by atoms with Crippen LogP contribution < -0.4 is 10.7 Å². The van der Waals surface area contributed by atoms with Gasteiger partial charge in [0.25, 0.3) is 0 Å². The van der Waals surface area contributed by atoms with Crippen molar-refractivity contribution in [1.82, 2.24) is 15.3 Å². The summed E-state index contributed by atoms with van der Waals surface area (Å²) in [4.78, 5) is 23.4. The van der Waals surface area contributed by atoms with Gasteiger partial charge in [0.1, 0.15) is 0 Å². The van der Waals surface area contributed by atoms with E-state index in [4.69, 9.17) is 0 Å². The van der Waals surface area contributed by atoms with Gasteiger partial charge in [0, 0.05) is 28.7 Å². The lowest BCUT2D eigenvalue weighted by Crippen LogP contribution is -2.41. The van der Waals surface area contributed by atoms with Crippen molar-refractivity contribution < 1.29 is 9.59 Å². The highest BCUT2D eigenvalue weighted by molar-refractivity contribution is 6.35. The van der Waals surface area contributed by atoms with Gasteiger partial charge in [0.2, 0.25) is 0 Å². The van der Waals surface area contributed by atoms with Crippen LogP contribution in [-0.2, 0) is 9.59 Å². The second-order valence-electron chi connectivity index (χ2n) is 6.48. The molecule has 0 fully saturated rings. The highest BCUT2D eigenvalue weighted by atomic mass is 16.2. The van der Waals surface area contributed by atoms with Gasteiger partial charge >= 0.3 is 11.8 Å². The van der Waals surface area contributed by atoms with Crippen LogP contribution in [0.4, 0.5) is 0 Å². The number of benzene rings is 1. The van der Waals surface area contributed by atoms with Crippen LogP contribution in [0.2, 0.25) is 0 Å². The summed E-state index contributed by atoms with van der Waals surface area (Å²) in [7, 11) is 0. The van der Waals surface area contributed by atoms with Crippen LogP contribution in [0.1, 0.15) is 42.8 Å². The molecule has 26 heavy (non-hydrogen) atoms. The Bertz CT molecular complexity index is 819. The molecule has 1 heterocycles. The first-order valence-electron chi connectivity index (χ1n) is 8.73. The number of amides is 2. The predicted molar refractivity (Wildman–Crippen MR) is 104 cm³/mol. The molecule has 6 nitrogen and oxygen atoms in total. The van der Waals surface area contributed by atoms with Gasteiger partial charge in [-0.25, -0.2) is 5.43 Å². The zero-order valence-electron chi connectivity index (χ0n) is 16.0. The second kappa shape index (κ2) is 8.47. The van der Waals surface area contributed by atoms with E-state index in [0.29, 0.717) is 0 Å². The van der Waals surface area contributed by atoms with E-state index in [0.717, 1.165) is 29.1 Å². The maximum Gasteiger partial charge on any atom is 0.329 e. The molecule has 138 valence electrons. The average Bonchev–Trinajstić information content (AvgIpc) is 2.89. The number of hydrazone groups is 1. The summed E-state index contributed by atoms with van der Waals surface area (Å²) in [5.74, 6) is -1.45. The Morgan fingerprint density at radius 1 is 1.15 bits per heavy atom. The predicted octanol–water partition coefficient (Wildman–Crippen LogP) is 2.77. The third-order valence-corrected chi connectivity index (χ3v) is 4.33. The normalized spacial score (nSPS) is 12.2. The molecule has 0 saturated heterocycles. The number of nitrogens with zero attached hydrogens (tertiary/aromatic N) is 2. The molecule has 0 aliphatic heterocycles. The topological polar surface area (TPSA) is 75.5 Å². The lowest BCUT2D eigenvalue weighted by atomic mass is 10.2. The molecule has 2 aromatic rings. The lowest BCUT2D eigenvalue weighted by Gasteiger charge is -2.10. The van der Waals surface area contributed by atoms with Gasteiger partial charge in [-0.15, -0.1) is 0 Å². The average molecular weight is 354 g/mol. The van der Waals surface area contributed by atoms with Crippen molar-refractivity contribution in [2.75, 3.05) is 0 Å². The third-order valence-electron chi connectivity index (χ3n) is 4.33. The molecule has 0 bridgehead atoms. The van der Waals surface area contributed by atoms with E-state index in [2.05, 4.69) is 51.6 Å². The Labute approximate surface area is 154 Å². The van der Waals surface area contributed by atoms with Gasteiger partial charge in [0.05, 0.1) is 6.21 Å². The monoisotopic (exact) mass is 354 g/mol. The molecule has 2 amide bonds. The number of hydrogen-bond acceptors (Lipinski definition) is 3. The second-order valence-corrected chi connectivity index (χ2v) is 6.48. The van der Waals surface area contributed by atoms with E-state index < -0.39 is 11.8 Å². The number of aromatic nitrogens is 1. The molecule has 2 rings (SSSR count).